The molecule has 1 aliphatic rings. The molecule has 188 valence electrons. The van der Waals surface area contributed by atoms with E-state index in [4.69, 9.17) is 9.72 Å². The zero-order valence-electron chi connectivity index (χ0n) is 19.3. The Morgan fingerprint density at radius 2 is 1.66 bits per heavy atom. The third kappa shape index (κ3) is 6.89. The molecule has 0 saturated carbocycles. The molecule has 0 radical (unpaired) electrons. The quantitative estimate of drug-likeness (QED) is 0.479. The number of hydrogen-bond acceptors (Lipinski definition) is 7. The topological polar surface area (TPSA) is 79.8 Å². The second-order valence-corrected chi connectivity index (χ2v) is 9.44. The van der Waals surface area contributed by atoms with Crippen LogP contribution in [0.3, 0.4) is 0 Å². The van der Waals surface area contributed by atoms with Crippen LogP contribution in [0.4, 0.5) is 23.3 Å². The molecule has 2 aromatic carbocycles. The minimum Gasteiger partial charge on any atom is -0.484 e. The summed E-state index contributed by atoms with van der Waals surface area (Å²) in [5, 5.41) is 3.63. The van der Waals surface area contributed by atoms with Gasteiger partial charge < -0.3 is 24.6 Å². The molecular formula is C23H26F3N5O3S. The molecule has 0 unspecified atom stereocenters. The molecule has 1 aliphatic heterocycles. The summed E-state index contributed by atoms with van der Waals surface area (Å²) in [7, 11) is 2.10. The number of amides is 1. The van der Waals surface area contributed by atoms with Gasteiger partial charge in [0, 0.05) is 37.3 Å². The maximum atomic E-state index is 12.3. The predicted octanol–water partition coefficient (Wildman–Crippen LogP) is 4.50. The second-order valence-electron chi connectivity index (χ2n) is 8.20. The molecule has 35 heavy (non-hydrogen) atoms. The maximum Gasteiger partial charge on any atom is 0.262 e. The largest absolute Gasteiger partial charge is 0.484 e. The number of anilines is 2. The van der Waals surface area contributed by atoms with Crippen molar-refractivity contribution in [3.8, 4) is 11.5 Å². The van der Waals surface area contributed by atoms with E-state index in [0.717, 1.165) is 42.8 Å². The summed E-state index contributed by atoms with van der Waals surface area (Å²) in [5.41, 5.74) is 2.21. The van der Waals surface area contributed by atoms with Crippen molar-refractivity contribution in [2.24, 2.45) is 0 Å². The maximum absolute atomic E-state index is 12.3. The molecular weight excluding hydrogens is 483 g/mol. The Bertz CT molecular complexity index is 1190. The first-order valence-electron chi connectivity index (χ1n) is 10.9. The van der Waals surface area contributed by atoms with E-state index in [9.17, 15) is 16.5 Å². The summed E-state index contributed by atoms with van der Waals surface area (Å²) in [6.07, 6.45) is 0. The van der Waals surface area contributed by atoms with Gasteiger partial charge in [-0.15, -0.1) is 11.7 Å². The van der Waals surface area contributed by atoms with Crippen LogP contribution in [0.5, 0.6) is 11.5 Å². The molecule has 8 nitrogen and oxygen atoms in total. The number of carbonyl (C=O) groups excluding carboxylic acids is 1. The second kappa shape index (κ2) is 10.6. The number of nitrogens with one attached hydrogen (secondary N) is 1. The minimum atomic E-state index is -5.23. The highest BCUT2D eigenvalue weighted by Crippen LogP contribution is 2.52. The Morgan fingerprint density at radius 3 is 2.31 bits per heavy atom. The number of piperazine rings is 1. The normalized spacial score (nSPS) is 15.2. The van der Waals surface area contributed by atoms with Crippen LogP contribution in [0.2, 0.25) is 0 Å². The number of halogens is 3. The molecule has 1 aromatic heterocycles. The molecule has 1 amide bonds. The lowest BCUT2D eigenvalue weighted by molar-refractivity contribution is -0.118. The molecule has 1 N–H and O–H groups in total. The van der Waals surface area contributed by atoms with Gasteiger partial charge in [-0.05, 0) is 56.4 Å². The zero-order valence-corrected chi connectivity index (χ0v) is 20.2. The van der Waals surface area contributed by atoms with Crippen LogP contribution in [0.25, 0.3) is 10.9 Å². The van der Waals surface area contributed by atoms with Crippen molar-refractivity contribution >= 4 is 39.6 Å². The summed E-state index contributed by atoms with van der Waals surface area (Å²) in [6, 6.07) is 11.1. The third-order valence-electron chi connectivity index (χ3n) is 5.50. The number of nitrogens with zero attached hydrogens (tertiary/aromatic N) is 4. The number of likely N-dealkylation sites (N-methyl/N-ethyl adjacent to an activating group) is 1. The molecule has 3 aromatic rings. The van der Waals surface area contributed by atoms with Gasteiger partial charge in [0.1, 0.15) is 11.5 Å². The monoisotopic (exact) mass is 509 g/mol. The Kier molecular flexibility index (Phi) is 7.51. The number of aromatic nitrogens is 2. The fourth-order valence-electron chi connectivity index (χ4n) is 3.60. The molecule has 0 aliphatic carbocycles. The molecule has 1 fully saturated rings. The highest BCUT2D eigenvalue weighted by molar-refractivity contribution is 8.20. The lowest BCUT2D eigenvalue weighted by atomic mass is 10.1. The van der Waals surface area contributed by atoms with E-state index in [1.54, 1.807) is 6.07 Å². The molecule has 2 heterocycles. The van der Waals surface area contributed by atoms with Crippen molar-refractivity contribution in [3.63, 3.8) is 0 Å². The number of carbonyl (C=O) groups is 1. The van der Waals surface area contributed by atoms with Crippen LogP contribution < -0.4 is 19.7 Å². The van der Waals surface area contributed by atoms with E-state index < -0.39 is 17.1 Å². The van der Waals surface area contributed by atoms with E-state index in [-0.39, 0.29) is 18.3 Å². The van der Waals surface area contributed by atoms with Gasteiger partial charge in [-0.25, -0.2) is 9.97 Å². The van der Waals surface area contributed by atoms with Crippen molar-refractivity contribution in [3.05, 3.63) is 48.2 Å². The molecule has 12 heteroatoms. The number of benzene rings is 2. The van der Waals surface area contributed by atoms with Crippen LogP contribution in [-0.4, -0.2) is 66.5 Å². The van der Waals surface area contributed by atoms with Crippen LogP contribution in [0.1, 0.15) is 5.69 Å². The van der Waals surface area contributed by atoms with Gasteiger partial charge in [0.15, 0.2) is 12.5 Å². The van der Waals surface area contributed by atoms with E-state index >= 15 is 0 Å². The Morgan fingerprint density at radius 1 is 1.00 bits per heavy atom. The van der Waals surface area contributed by atoms with Gasteiger partial charge >= 0.3 is 0 Å². The molecule has 4 rings (SSSR count). The van der Waals surface area contributed by atoms with Crippen molar-refractivity contribution < 1.29 is 25.9 Å². The first kappa shape index (κ1) is 24.9. The zero-order chi connectivity index (χ0) is 25.0. The summed E-state index contributed by atoms with van der Waals surface area (Å²) < 4.78 is 47.0. The molecule has 0 atom stereocenters. The third-order valence-corrected chi connectivity index (χ3v) is 5.88. The van der Waals surface area contributed by atoms with E-state index in [2.05, 4.69) is 31.9 Å². The highest BCUT2D eigenvalue weighted by atomic mass is 32.3. The molecule has 1 saturated heterocycles. The summed E-state index contributed by atoms with van der Waals surface area (Å²) in [5.74, 6) is -0.534. The Hall–Kier alpha value is -3.25. The lowest BCUT2D eigenvalue weighted by Crippen LogP contribution is -2.45. The number of rotatable bonds is 8. The number of fused-ring (bicyclic) bond motifs is 1. The number of ether oxygens (including phenoxy) is 2. The first-order chi connectivity index (χ1) is 16.7. The van der Waals surface area contributed by atoms with Gasteiger partial charge in [-0.2, -0.15) is 0 Å². The summed E-state index contributed by atoms with van der Waals surface area (Å²) >= 11 is -5.23. The van der Waals surface area contributed by atoms with Gasteiger partial charge in [0.2, 0.25) is 17.1 Å². The smallest absolute Gasteiger partial charge is 0.262 e. The van der Waals surface area contributed by atoms with Crippen LogP contribution in [0, 0.1) is 6.92 Å². The van der Waals surface area contributed by atoms with Crippen molar-refractivity contribution in [2.45, 2.75) is 6.92 Å². The van der Waals surface area contributed by atoms with Gasteiger partial charge in [0.05, 0.1) is 11.2 Å². The number of hydrogen-bond donors (Lipinski definition) is 1. The van der Waals surface area contributed by atoms with E-state index in [0.29, 0.717) is 17.4 Å². The Labute approximate surface area is 203 Å². The number of aryl methyl sites for hydroxylation is 1. The van der Waals surface area contributed by atoms with Crippen molar-refractivity contribution in [2.75, 3.05) is 56.0 Å². The fraction of sp³-hybridized carbons (Fsp3) is 0.348. The minimum absolute atomic E-state index is 0.0798. The van der Waals surface area contributed by atoms with Gasteiger partial charge in [-0.1, -0.05) is 0 Å². The highest BCUT2D eigenvalue weighted by Gasteiger charge is 2.21. The fourth-order valence-corrected chi connectivity index (χ4v) is 3.87. The van der Waals surface area contributed by atoms with Crippen LogP contribution in [-0.2, 0) is 4.79 Å². The van der Waals surface area contributed by atoms with Crippen LogP contribution in [0.15, 0.2) is 42.5 Å². The summed E-state index contributed by atoms with van der Waals surface area (Å²) in [6.45, 7) is 5.33. The average Bonchev–Trinajstić information content (AvgIpc) is 2.82. The Balaban J connectivity index is 1.34. The van der Waals surface area contributed by atoms with E-state index in [1.807, 2.05) is 19.1 Å². The van der Waals surface area contributed by atoms with Crippen molar-refractivity contribution in [1.29, 1.82) is 0 Å². The lowest BCUT2D eigenvalue weighted by Gasteiger charge is -2.32. The molecule has 0 spiro atoms. The molecule has 0 bridgehead atoms. The SMILES string of the molecule is Cc1nc(N2CCN(C)CC2)nc2ccc(NC(=O)COc3ccc(OCS(F)(F)F)cc3)cc12. The van der Waals surface area contributed by atoms with Gasteiger partial charge in [0.25, 0.3) is 5.91 Å². The van der Waals surface area contributed by atoms with Gasteiger partial charge in [-0.3, -0.25) is 4.79 Å². The predicted molar refractivity (Wildman–Crippen MR) is 131 cm³/mol. The van der Waals surface area contributed by atoms with E-state index in [1.165, 1.54) is 24.3 Å². The first-order valence-corrected chi connectivity index (χ1v) is 12.4. The average molecular weight is 510 g/mol. The van der Waals surface area contributed by atoms with Crippen LogP contribution >= 0.6 is 11.2 Å². The van der Waals surface area contributed by atoms with Crippen molar-refractivity contribution in [1.82, 2.24) is 14.9 Å². The standard InChI is InChI=1S/C23H26F3N5O3S/c1-16-20-13-17(3-8-21(20)29-23(27-16)31-11-9-30(2)10-12-31)28-22(32)14-33-18-4-6-19(7-5-18)34-15-35(24,25)26/h3-8,13H,9-12,14-15H2,1-2H3,(H,28,32). The summed E-state index contributed by atoms with van der Waals surface area (Å²) in [4.78, 5) is 26.2.